The number of carboxylic acid groups (broad SMARTS) is 1. The topological polar surface area (TPSA) is 104 Å². The van der Waals surface area contributed by atoms with Crippen LogP contribution in [0.3, 0.4) is 0 Å². The third kappa shape index (κ3) is 4.17. The first-order valence-electron chi connectivity index (χ1n) is 6.17. The van der Waals surface area contributed by atoms with Gasteiger partial charge < -0.3 is 15.5 Å². The molecule has 0 aromatic heterocycles. The number of aliphatic hydroxyl groups is 1. The van der Waals surface area contributed by atoms with Gasteiger partial charge in [0.15, 0.2) is 5.78 Å². The first-order valence-corrected chi connectivity index (χ1v) is 6.17. The molecule has 1 saturated heterocycles. The molecule has 1 aliphatic rings. The first kappa shape index (κ1) is 15.8. The molecule has 0 radical (unpaired) electrons. The fourth-order valence-corrected chi connectivity index (χ4v) is 1.86. The van der Waals surface area contributed by atoms with Crippen molar-refractivity contribution >= 4 is 17.7 Å². The molecule has 6 heteroatoms. The molecule has 0 saturated carbocycles. The summed E-state index contributed by atoms with van der Waals surface area (Å²) in [5, 5.41) is 20.7. The van der Waals surface area contributed by atoms with Gasteiger partial charge in [-0.15, -0.1) is 0 Å². The molecule has 1 fully saturated rings. The molecule has 20 heavy (non-hydrogen) atoms. The number of ketones is 1. The Bertz CT molecular complexity index is 478. The second-order valence-electron chi connectivity index (χ2n) is 4.33. The standard InChI is InChI=1S/C14H17NO5/c1-2-3-4-5-6-7-10(16)12-13(19)9(8-11(17)18)15-14(12)20/h2-7,9-10,12,16H,8H2,1H3,(H,15,20)(H,17,18)/b3-2+,5-4+,7-6+/t9-,10?,12?/m1/s1. The van der Waals surface area contributed by atoms with Gasteiger partial charge >= 0.3 is 5.97 Å². The molecular formula is C14H17NO5. The van der Waals surface area contributed by atoms with Crippen LogP contribution in [-0.2, 0) is 14.4 Å². The number of carbonyl (C=O) groups is 3. The number of carbonyl (C=O) groups excluding carboxylic acids is 2. The minimum absolute atomic E-state index is 0.474. The van der Waals surface area contributed by atoms with E-state index >= 15 is 0 Å². The van der Waals surface area contributed by atoms with Crippen LogP contribution >= 0.6 is 0 Å². The van der Waals surface area contributed by atoms with E-state index in [1.165, 1.54) is 12.2 Å². The summed E-state index contributed by atoms with van der Waals surface area (Å²) in [6.07, 6.45) is 8.09. The maximum absolute atomic E-state index is 11.9. The van der Waals surface area contributed by atoms with Crippen LogP contribution in [0.5, 0.6) is 0 Å². The lowest BCUT2D eigenvalue weighted by Gasteiger charge is -2.09. The Morgan fingerprint density at radius 2 is 1.95 bits per heavy atom. The summed E-state index contributed by atoms with van der Waals surface area (Å²) in [5.41, 5.74) is 0. The van der Waals surface area contributed by atoms with E-state index in [0.717, 1.165) is 0 Å². The number of carboxylic acids is 1. The molecule has 1 rings (SSSR count). The summed E-state index contributed by atoms with van der Waals surface area (Å²) in [6, 6.07) is -1.06. The second-order valence-corrected chi connectivity index (χ2v) is 4.33. The predicted molar refractivity (Wildman–Crippen MR) is 71.8 cm³/mol. The van der Waals surface area contributed by atoms with Gasteiger partial charge in [0.05, 0.1) is 18.6 Å². The van der Waals surface area contributed by atoms with Crippen molar-refractivity contribution in [3.05, 3.63) is 36.5 Å². The molecule has 0 aromatic carbocycles. The van der Waals surface area contributed by atoms with Crippen molar-refractivity contribution < 1.29 is 24.6 Å². The average molecular weight is 279 g/mol. The Morgan fingerprint density at radius 3 is 2.55 bits per heavy atom. The lowest BCUT2D eigenvalue weighted by Crippen LogP contribution is -2.31. The number of hydrogen-bond acceptors (Lipinski definition) is 4. The van der Waals surface area contributed by atoms with Gasteiger partial charge in [0.25, 0.3) is 0 Å². The third-order valence-corrected chi connectivity index (χ3v) is 2.80. The molecule has 2 unspecified atom stereocenters. The molecule has 0 aliphatic carbocycles. The van der Waals surface area contributed by atoms with Gasteiger partial charge in [0.1, 0.15) is 5.92 Å². The van der Waals surface area contributed by atoms with Gasteiger partial charge in [-0.2, -0.15) is 0 Å². The smallest absolute Gasteiger partial charge is 0.305 e. The Kier molecular flexibility index (Phi) is 5.86. The van der Waals surface area contributed by atoms with Crippen LogP contribution in [0.15, 0.2) is 36.5 Å². The molecular weight excluding hydrogens is 262 g/mol. The molecule has 1 heterocycles. The van der Waals surface area contributed by atoms with Crippen molar-refractivity contribution in [2.45, 2.75) is 25.5 Å². The van der Waals surface area contributed by atoms with Crippen LogP contribution in [0.4, 0.5) is 0 Å². The van der Waals surface area contributed by atoms with Crippen LogP contribution in [0.2, 0.25) is 0 Å². The lowest BCUT2D eigenvalue weighted by atomic mass is 9.95. The fourth-order valence-electron chi connectivity index (χ4n) is 1.86. The maximum Gasteiger partial charge on any atom is 0.305 e. The molecule has 0 spiro atoms. The molecule has 6 nitrogen and oxygen atoms in total. The highest BCUT2D eigenvalue weighted by atomic mass is 16.4. The van der Waals surface area contributed by atoms with Gasteiger partial charge in [-0.25, -0.2) is 0 Å². The van der Waals surface area contributed by atoms with E-state index in [4.69, 9.17) is 5.11 Å². The van der Waals surface area contributed by atoms with Gasteiger partial charge in [-0.05, 0) is 6.92 Å². The Morgan fingerprint density at radius 1 is 1.30 bits per heavy atom. The lowest BCUT2D eigenvalue weighted by molar-refractivity contribution is -0.139. The summed E-state index contributed by atoms with van der Waals surface area (Å²) in [5.74, 6) is -3.66. The summed E-state index contributed by atoms with van der Waals surface area (Å²) < 4.78 is 0. The second kappa shape index (κ2) is 7.40. The Hall–Kier alpha value is -2.21. The number of Topliss-reactive ketones (excluding diaryl/α,β-unsaturated/α-hetero) is 1. The van der Waals surface area contributed by atoms with Crippen molar-refractivity contribution in [3.63, 3.8) is 0 Å². The number of hydrogen-bond donors (Lipinski definition) is 3. The van der Waals surface area contributed by atoms with E-state index in [-0.39, 0.29) is 0 Å². The molecule has 1 amide bonds. The van der Waals surface area contributed by atoms with Crippen LogP contribution in [0, 0.1) is 5.92 Å². The highest BCUT2D eigenvalue weighted by Crippen LogP contribution is 2.18. The number of aliphatic hydroxyl groups excluding tert-OH is 1. The Balaban J connectivity index is 2.68. The monoisotopic (exact) mass is 279 g/mol. The zero-order valence-corrected chi connectivity index (χ0v) is 11.0. The largest absolute Gasteiger partial charge is 0.481 e. The van der Waals surface area contributed by atoms with Crippen molar-refractivity contribution in [2.75, 3.05) is 0 Å². The van der Waals surface area contributed by atoms with Crippen molar-refractivity contribution in [3.8, 4) is 0 Å². The highest BCUT2D eigenvalue weighted by molar-refractivity contribution is 6.12. The average Bonchev–Trinajstić information content (AvgIpc) is 2.63. The molecule has 0 aromatic rings. The zero-order chi connectivity index (χ0) is 15.1. The molecule has 3 N–H and O–H groups in total. The predicted octanol–water partition coefficient (Wildman–Crippen LogP) is 0.194. The van der Waals surface area contributed by atoms with E-state index in [0.29, 0.717) is 0 Å². The minimum Gasteiger partial charge on any atom is -0.481 e. The van der Waals surface area contributed by atoms with Gasteiger partial charge in [0.2, 0.25) is 5.91 Å². The number of rotatable bonds is 6. The van der Waals surface area contributed by atoms with E-state index in [1.807, 2.05) is 13.0 Å². The van der Waals surface area contributed by atoms with E-state index < -0.39 is 42.1 Å². The van der Waals surface area contributed by atoms with E-state index in [1.54, 1.807) is 18.2 Å². The maximum atomic E-state index is 11.9. The first-order chi connectivity index (χ1) is 9.47. The van der Waals surface area contributed by atoms with Crippen molar-refractivity contribution in [2.24, 2.45) is 5.92 Å². The summed E-state index contributed by atoms with van der Waals surface area (Å²) >= 11 is 0. The summed E-state index contributed by atoms with van der Waals surface area (Å²) in [6.45, 7) is 1.85. The van der Waals surface area contributed by atoms with E-state index in [2.05, 4.69) is 5.32 Å². The number of allylic oxidation sites excluding steroid dienone is 5. The van der Waals surface area contributed by atoms with E-state index in [9.17, 15) is 19.5 Å². The quantitative estimate of drug-likeness (QED) is 0.476. The zero-order valence-electron chi connectivity index (χ0n) is 11.0. The summed E-state index contributed by atoms with van der Waals surface area (Å²) in [4.78, 5) is 34.0. The van der Waals surface area contributed by atoms with Crippen LogP contribution in [0.25, 0.3) is 0 Å². The number of nitrogens with one attached hydrogen (secondary N) is 1. The minimum atomic E-state index is -1.27. The highest BCUT2D eigenvalue weighted by Gasteiger charge is 2.44. The van der Waals surface area contributed by atoms with Crippen LogP contribution in [-0.4, -0.2) is 40.0 Å². The molecule has 108 valence electrons. The van der Waals surface area contributed by atoms with Gasteiger partial charge in [-0.1, -0.05) is 36.5 Å². The SMILES string of the molecule is C/C=C/C=C/C=C/C(O)C1C(=O)N[C@H](CC(=O)O)C1=O. The van der Waals surface area contributed by atoms with Crippen molar-refractivity contribution in [1.82, 2.24) is 5.32 Å². The van der Waals surface area contributed by atoms with Gasteiger partial charge in [-0.3, -0.25) is 14.4 Å². The third-order valence-electron chi connectivity index (χ3n) is 2.80. The molecule has 3 atom stereocenters. The Labute approximate surface area is 116 Å². The van der Waals surface area contributed by atoms with Crippen molar-refractivity contribution in [1.29, 1.82) is 0 Å². The summed E-state index contributed by atoms with van der Waals surface area (Å²) in [7, 11) is 0. The molecule has 1 aliphatic heterocycles. The number of amides is 1. The van der Waals surface area contributed by atoms with Crippen LogP contribution < -0.4 is 5.32 Å². The normalized spacial score (nSPS) is 24.9. The number of aliphatic carboxylic acids is 1. The van der Waals surface area contributed by atoms with Crippen LogP contribution in [0.1, 0.15) is 13.3 Å². The van der Waals surface area contributed by atoms with Gasteiger partial charge in [0, 0.05) is 0 Å². The molecule has 0 bridgehead atoms. The fraction of sp³-hybridized carbons (Fsp3) is 0.357.